The molecule has 0 aliphatic heterocycles. The summed E-state index contributed by atoms with van der Waals surface area (Å²) >= 11 is 6.05. The van der Waals surface area contributed by atoms with Gasteiger partial charge in [-0.2, -0.15) is 4.52 Å². The Kier molecular flexibility index (Phi) is 4.81. The third kappa shape index (κ3) is 3.36. The molecule has 2 heterocycles. The van der Waals surface area contributed by atoms with E-state index in [2.05, 4.69) is 15.6 Å². The number of carbonyl (C=O) groups is 1. The van der Waals surface area contributed by atoms with Crippen molar-refractivity contribution in [2.75, 3.05) is 19.5 Å². The Hall–Kier alpha value is -3.59. The monoisotopic (exact) mass is 413 g/mol. The fourth-order valence-electron chi connectivity index (χ4n) is 3.09. The van der Waals surface area contributed by atoms with Crippen LogP contribution in [0, 0.1) is 0 Å². The highest BCUT2D eigenvalue weighted by atomic mass is 35.5. The van der Waals surface area contributed by atoms with Gasteiger partial charge in [0.2, 0.25) is 5.91 Å². The van der Waals surface area contributed by atoms with Gasteiger partial charge in [0.15, 0.2) is 5.65 Å². The van der Waals surface area contributed by atoms with E-state index in [1.807, 2.05) is 0 Å². The van der Waals surface area contributed by atoms with Crippen molar-refractivity contribution in [3.05, 3.63) is 58.0 Å². The molecule has 4 rings (SSSR count). The first kappa shape index (κ1) is 18.8. The zero-order chi connectivity index (χ0) is 20.5. The van der Waals surface area contributed by atoms with Crippen LogP contribution in [0.1, 0.15) is 0 Å². The fraction of sp³-hybridized carbons (Fsp3) is 0.158. The first-order chi connectivity index (χ1) is 14.0. The van der Waals surface area contributed by atoms with E-state index in [4.69, 9.17) is 21.1 Å². The van der Waals surface area contributed by atoms with Gasteiger partial charge in [-0.25, -0.2) is 0 Å². The Morgan fingerprint density at radius 2 is 2.00 bits per heavy atom. The summed E-state index contributed by atoms with van der Waals surface area (Å²) in [5.41, 5.74) is 0.970. The topological polar surface area (TPSA) is 99.8 Å². The number of methoxy groups -OCH3 is 2. The van der Waals surface area contributed by atoms with Crippen molar-refractivity contribution in [2.24, 2.45) is 0 Å². The second-order valence-corrected chi connectivity index (χ2v) is 6.61. The molecule has 0 spiro atoms. The molecular weight excluding hydrogens is 398 g/mol. The number of aromatic nitrogens is 4. The number of halogens is 1. The lowest BCUT2D eigenvalue weighted by molar-refractivity contribution is -0.116. The van der Waals surface area contributed by atoms with Crippen molar-refractivity contribution in [1.29, 1.82) is 0 Å². The van der Waals surface area contributed by atoms with Crippen LogP contribution in [-0.2, 0) is 11.3 Å². The number of hydrogen-bond donors (Lipinski definition) is 1. The Morgan fingerprint density at radius 1 is 1.17 bits per heavy atom. The molecule has 0 saturated heterocycles. The van der Waals surface area contributed by atoms with Gasteiger partial charge in [-0.1, -0.05) is 16.8 Å². The summed E-state index contributed by atoms with van der Waals surface area (Å²) in [6.45, 7) is -0.241. The summed E-state index contributed by atoms with van der Waals surface area (Å²) < 4.78 is 13.2. The number of nitrogens with one attached hydrogen (secondary N) is 1. The van der Waals surface area contributed by atoms with E-state index in [1.54, 1.807) is 36.4 Å². The molecule has 0 fully saturated rings. The Labute approximate surface area is 169 Å². The van der Waals surface area contributed by atoms with E-state index in [1.165, 1.54) is 29.5 Å². The third-order valence-electron chi connectivity index (χ3n) is 4.45. The molecule has 0 aliphatic rings. The minimum Gasteiger partial charge on any atom is -0.497 e. The average Bonchev–Trinajstić information content (AvgIpc) is 3.21. The molecule has 9 nitrogen and oxygen atoms in total. The number of benzene rings is 2. The highest BCUT2D eigenvalue weighted by molar-refractivity contribution is 6.31. The number of hydrogen-bond acceptors (Lipinski definition) is 6. The van der Waals surface area contributed by atoms with Crippen LogP contribution in [0.4, 0.5) is 5.69 Å². The molecule has 0 aliphatic carbocycles. The zero-order valence-electron chi connectivity index (χ0n) is 15.5. The molecule has 0 atom stereocenters. The first-order valence-electron chi connectivity index (χ1n) is 8.56. The number of anilines is 1. The minimum atomic E-state index is -0.421. The standard InChI is InChI=1S/C19H16ClN5O4/c1-28-12-4-6-16(29-2)14(8-12)22-17(26)10-24-18-9-21-23-25(18)15-7-11(20)3-5-13(15)19(24)27/h3-9H,10H2,1-2H3,(H,22,26). The summed E-state index contributed by atoms with van der Waals surface area (Å²) in [5, 5.41) is 11.5. The molecule has 10 heteroatoms. The van der Waals surface area contributed by atoms with Crippen molar-refractivity contribution < 1.29 is 14.3 Å². The molecule has 148 valence electrons. The summed E-state index contributed by atoms with van der Waals surface area (Å²) in [6, 6.07) is 9.87. The van der Waals surface area contributed by atoms with Crippen LogP contribution in [0.3, 0.4) is 0 Å². The molecule has 29 heavy (non-hydrogen) atoms. The molecule has 0 radical (unpaired) electrons. The third-order valence-corrected chi connectivity index (χ3v) is 4.69. The Morgan fingerprint density at radius 3 is 2.76 bits per heavy atom. The lowest BCUT2D eigenvalue weighted by Gasteiger charge is -2.13. The van der Waals surface area contributed by atoms with E-state index in [-0.39, 0.29) is 12.1 Å². The summed E-state index contributed by atoms with van der Waals surface area (Å²) in [6.07, 6.45) is 1.42. The second-order valence-electron chi connectivity index (χ2n) is 6.17. The smallest absolute Gasteiger partial charge is 0.262 e. The molecule has 0 bridgehead atoms. The van der Waals surface area contributed by atoms with Gasteiger partial charge in [0.1, 0.15) is 18.0 Å². The average molecular weight is 414 g/mol. The van der Waals surface area contributed by atoms with Crippen LogP contribution in [0.15, 0.2) is 47.4 Å². The lowest BCUT2D eigenvalue weighted by atomic mass is 10.2. The predicted molar refractivity (Wildman–Crippen MR) is 108 cm³/mol. The predicted octanol–water partition coefficient (Wildman–Crippen LogP) is 2.35. The number of fused-ring (bicyclic) bond motifs is 3. The van der Waals surface area contributed by atoms with Crippen LogP contribution < -0.4 is 20.3 Å². The SMILES string of the molecule is COc1ccc(OC)c(NC(=O)Cn2c(=O)c3ccc(Cl)cc3n3nncc23)c1. The molecule has 4 aromatic rings. The Bertz CT molecular complexity index is 1300. The second kappa shape index (κ2) is 7.44. The summed E-state index contributed by atoms with van der Waals surface area (Å²) in [7, 11) is 3.02. The molecule has 0 saturated carbocycles. The van der Waals surface area contributed by atoms with Gasteiger partial charge in [0.05, 0.1) is 37.0 Å². The number of nitrogens with zero attached hydrogens (tertiary/aromatic N) is 4. The van der Waals surface area contributed by atoms with E-state index in [9.17, 15) is 9.59 Å². The van der Waals surface area contributed by atoms with Gasteiger partial charge in [0.25, 0.3) is 5.56 Å². The van der Waals surface area contributed by atoms with Crippen molar-refractivity contribution >= 4 is 39.7 Å². The van der Waals surface area contributed by atoms with Gasteiger partial charge in [-0.3, -0.25) is 14.2 Å². The van der Waals surface area contributed by atoms with Gasteiger partial charge in [-0.05, 0) is 30.3 Å². The normalized spacial score (nSPS) is 11.0. The van der Waals surface area contributed by atoms with E-state index >= 15 is 0 Å². The van der Waals surface area contributed by atoms with Crippen molar-refractivity contribution in [2.45, 2.75) is 6.54 Å². The zero-order valence-corrected chi connectivity index (χ0v) is 16.3. The van der Waals surface area contributed by atoms with Crippen molar-refractivity contribution in [3.63, 3.8) is 0 Å². The molecule has 1 amide bonds. The minimum absolute atomic E-state index is 0.241. The lowest BCUT2D eigenvalue weighted by Crippen LogP contribution is -2.29. The van der Waals surface area contributed by atoms with Crippen LogP contribution in [-0.4, -0.2) is 39.5 Å². The number of ether oxygens (including phenoxy) is 2. The van der Waals surface area contributed by atoms with Gasteiger partial charge < -0.3 is 14.8 Å². The van der Waals surface area contributed by atoms with Gasteiger partial charge in [0, 0.05) is 11.1 Å². The number of rotatable bonds is 5. The van der Waals surface area contributed by atoms with Crippen LogP contribution in [0.2, 0.25) is 5.02 Å². The first-order valence-corrected chi connectivity index (χ1v) is 8.94. The van der Waals surface area contributed by atoms with E-state index in [0.717, 1.165) is 0 Å². The van der Waals surface area contributed by atoms with E-state index in [0.29, 0.717) is 38.8 Å². The molecule has 2 aromatic heterocycles. The Balaban J connectivity index is 1.74. The van der Waals surface area contributed by atoms with Crippen LogP contribution >= 0.6 is 11.6 Å². The highest BCUT2D eigenvalue weighted by Gasteiger charge is 2.16. The van der Waals surface area contributed by atoms with Crippen LogP contribution in [0.5, 0.6) is 11.5 Å². The quantitative estimate of drug-likeness (QED) is 0.539. The maximum absolute atomic E-state index is 13.0. The maximum Gasteiger partial charge on any atom is 0.262 e. The molecule has 1 N–H and O–H groups in total. The van der Waals surface area contributed by atoms with Gasteiger partial charge >= 0.3 is 0 Å². The van der Waals surface area contributed by atoms with E-state index < -0.39 is 5.91 Å². The number of carbonyl (C=O) groups excluding carboxylic acids is 1. The summed E-state index contributed by atoms with van der Waals surface area (Å²) in [5.74, 6) is 0.606. The summed E-state index contributed by atoms with van der Waals surface area (Å²) in [4.78, 5) is 25.7. The highest BCUT2D eigenvalue weighted by Crippen LogP contribution is 2.29. The van der Waals surface area contributed by atoms with Crippen LogP contribution in [0.25, 0.3) is 16.6 Å². The van der Waals surface area contributed by atoms with Gasteiger partial charge in [-0.15, -0.1) is 5.10 Å². The van der Waals surface area contributed by atoms with Crippen molar-refractivity contribution in [3.8, 4) is 11.5 Å². The molecular formula is C19H16ClN5O4. The van der Waals surface area contributed by atoms with Crippen molar-refractivity contribution in [1.82, 2.24) is 19.4 Å². The largest absolute Gasteiger partial charge is 0.497 e. The maximum atomic E-state index is 13.0. The molecule has 0 unspecified atom stereocenters. The fourth-order valence-corrected chi connectivity index (χ4v) is 3.26. The molecule has 2 aromatic carbocycles. The number of amides is 1.